The zero-order valence-corrected chi connectivity index (χ0v) is 26.6. The molecular weight excluding hydrogens is 599 g/mol. The van der Waals surface area contributed by atoms with Gasteiger partial charge in [0.15, 0.2) is 6.17 Å². The summed E-state index contributed by atoms with van der Waals surface area (Å²) in [5.74, 6) is 1.52. The summed E-state index contributed by atoms with van der Waals surface area (Å²) in [5.41, 5.74) is 11.5. The maximum atomic E-state index is 6.47. The highest BCUT2D eigenvalue weighted by molar-refractivity contribution is 6.24. The zero-order valence-electron chi connectivity index (χ0n) is 26.6. The molecule has 0 aliphatic carbocycles. The van der Waals surface area contributed by atoms with Crippen LogP contribution in [0.5, 0.6) is 0 Å². The first kappa shape index (κ1) is 28.7. The molecule has 49 heavy (non-hydrogen) atoms. The maximum Gasteiger partial charge on any atom is 0.169 e. The van der Waals surface area contributed by atoms with Gasteiger partial charge in [0.25, 0.3) is 0 Å². The van der Waals surface area contributed by atoms with Crippen LogP contribution in [0.4, 0.5) is 0 Å². The van der Waals surface area contributed by atoms with Gasteiger partial charge in [0.1, 0.15) is 22.8 Å². The Labute approximate surface area is 284 Å². The number of amidine groups is 2. The molecule has 1 aliphatic rings. The number of hydrogen-bond donors (Lipinski definition) is 1. The van der Waals surface area contributed by atoms with E-state index in [0.717, 1.165) is 72.6 Å². The lowest BCUT2D eigenvalue weighted by atomic mass is 9.97. The van der Waals surface area contributed by atoms with Gasteiger partial charge in [-0.25, -0.2) is 9.98 Å². The van der Waals surface area contributed by atoms with Gasteiger partial charge in [0, 0.05) is 21.9 Å². The van der Waals surface area contributed by atoms with Crippen LogP contribution >= 0.6 is 0 Å². The van der Waals surface area contributed by atoms with Crippen molar-refractivity contribution < 1.29 is 4.42 Å². The van der Waals surface area contributed by atoms with Crippen molar-refractivity contribution in [3.8, 4) is 33.4 Å². The van der Waals surface area contributed by atoms with Crippen molar-refractivity contribution in [2.24, 2.45) is 9.98 Å². The Kier molecular flexibility index (Phi) is 7.17. The van der Waals surface area contributed by atoms with Crippen LogP contribution in [0.2, 0.25) is 0 Å². The number of furan rings is 1. The second-order valence-electron chi connectivity index (χ2n) is 12.2. The van der Waals surface area contributed by atoms with Gasteiger partial charge in [-0.05, 0) is 57.1 Å². The summed E-state index contributed by atoms with van der Waals surface area (Å²) in [6.07, 6.45) is -0.446. The van der Waals surface area contributed by atoms with E-state index in [2.05, 4.69) is 151 Å². The molecule has 0 radical (unpaired) electrons. The number of hydrogen-bond acceptors (Lipinski definition) is 4. The fourth-order valence-electron chi connectivity index (χ4n) is 6.65. The predicted octanol–water partition coefficient (Wildman–Crippen LogP) is 11.1. The topological polar surface area (TPSA) is 49.9 Å². The standard InChI is InChI=1S/C45H31N3O/c1-4-12-30(13-5-1)33-20-24-35(25-21-33)43-46-44(36-26-22-34(23-27-36)31-14-6-2-7-15-31)48-45(47-43)39-28-37(32-16-8-3-9-17-32)29-41-42(39)38-18-10-11-19-40(38)49-41/h1-29,43H,(H,46,47,48). The number of benzene rings is 7. The monoisotopic (exact) mass is 629 g/mol. The molecule has 232 valence electrons. The third-order valence-electron chi connectivity index (χ3n) is 9.16. The van der Waals surface area contributed by atoms with Gasteiger partial charge in [0.2, 0.25) is 0 Å². The van der Waals surface area contributed by atoms with Crippen molar-refractivity contribution in [2.75, 3.05) is 0 Å². The minimum atomic E-state index is -0.446. The quantitative estimate of drug-likeness (QED) is 0.199. The van der Waals surface area contributed by atoms with E-state index < -0.39 is 6.17 Å². The van der Waals surface area contributed by atoms with Crippen LogP contribution in [0.1, 0.15) is 22.9 Å². The molecule has 8 aromatic rings. The second-order valence-corrected chi connectivity index (χ2v) is 12.2. The zero-order chi connectivity index (χ0) is 32.6. The number of rotatable bonds is 6. The first-order valence-electron chi connectivity index (χ1n) is 16.5. The van der Waals surface area contributed by atoms with Crippen molar-refractivity contribution in [3.05, 3.63) is 193 Å². The molecule has 1 aromatic heterocycles. The number of nitrogens with one attached hydrogen (secondary N) is 1. The van der Waals surface area contributed by atoms with E-state index in [4.69, 9.17) is 14.4 Å². The highest BCUT2D eigenvalue weighted by atomic mass is 16.3. The minimum absolute atomic E-state index is 0.446. The van der Waals surface area contributed by atoms with Gasteiger partial charge in [-0.1, -0.05) is 158 Å². The lowest BCUT2D eigenvalue weighted by Gasteiger charge is -2.23. The summed E-state index contributed by atoms with van der Waals surface area (Å²) in [4.78, 5) is 10.5. The molecule has 0 fully saturated rings. The van der Waals surface area contributed by atoms with Crippen molar-refractivity contribution in [3.63, 3.8) is 0 Å². The predicted molar refractivity (Wildman–Crippen MR) is 202 cm³/mol. The van der Waals surface area contributed by atoms with E-state index in [0.29, 0.717) is 0 Å². The third-order valence-corrected chi connectivity index (χ3v) is 9.16. The van der Waals surface area contributed by atoms with Crippen LogP contribution < -0.4 is 5.32 Å². The smallest absolute Gasteiger partial charge is 0.169 e. The Morgan fingerprint density at radius 1 is 0.408 bits per heavy atom. The van der Waals surface area contributed by atoms with Crippen molar-refractivity contribution in [1.29, 1.82) is 0 Å². The number of aliphatic imine (C=N–C) groups is 2. The molecule has 1 N–H and O–H groups in total. The maximum absolute atomic E-state index is 6.47. The van der Waals surface area contributed by atoms with Crippen LogP contribution in [-0.4, -0.2) is 11.7 Å². The Morgan fingerprint density at radius 3 is 1.53 bits per heavy atom. The molecule has 1 unspecified atom stereocenters. The second kappa shape index (κ2) is 12.3. The minimum Gasteiger partial charge on any atom is -0.456 e. The molecule has 0 saturated carbocycles. The lowest BCUT2D eigenvalue weighted by molar-refractivity contribution is 0.669. The molecule has 1 atom stereocenters. The summed E-state index contributed by atoms with van der Waals surface area (Å²) in [6.45, 7) is 0. The van der Waals surface area contributed by atoms with Crippen molar-refractivity contribution >= 4 is 33.6 Å². The Hall–Kier alpha value is -6.52. The summed E-state index contributed by atoms with van der Waals surface area (Å²) >= 11 is 0. The summed E-state index contributed by atoms with van der Waals surface area (Å²) in [5, 5.41) is 5.75. The fourth-order valence-corrected chi connectivity index (χ4v) is 6.65. The Balaban J connectivity index is 1.20. The molecule has 7 aromatic carbocycles. The van der Waals surface area contributed by atoms with Crippen LogP contribution in [0.15, 0.2) is 190 Å². The first-order valence-corrected chi connectivity index (χ1v) is 16.5. The molecule has 4 nitrogen and oxygen atoms in total. The van der Waals surface area contributed by atoms with E-state index in [-0.39, 0.29) is 0 Å². The van der Waals surface area contributed by atoms with Gasteiger partial charge < -0.3 is 9.73 Å². The van der Waals surface area contributed by atoms with E-state index in [1.165, 1.54) is 11.1 Å². The van der Waals surface area contributed by atoms with Crippen LogP contribution in [0.3, 0.4) is 0 Å². The molecular formula is C45H31N3O. The number of nitrogens with zero attached hydrogens (tertiary/aromatic N) is 2. The molecule has 0 saturated heterocycles. The van der Waals surface area contributed by atoms with E-state index in [9.17, 15) is 0 Å². The lowest BCUT2D eigenvalue weighted by Crippen LogP contribution is -2.36. The normalized spacial score (nSPS) is 14.3. The summed E-state index contributed by atoms with van der Waals surface area (Å²) in [7, 11) is 0. The highest BCUT2D eigenvalue weighted by Gasteiger charge is 2.24. The third kappa shape index (κ3) is 5.49. The van der Waals surface area contributed by atoms with E-state index in [1.54, 1.807) is 0 Å². The molecule has 1 aliphatic heterocycles. The molecule has 4 heteroatoms. The van der Waals surface area contributed by atoms with Gasteiger partial charge in [-0.2, -0.15) is 0 Å². The summed E-state index contributed by atoms with van der Waals surface area (Å²) < 4.78 is 6.47. The van der Waals surface area contributed by atoms with Crippen LogP contribution in [0, 0.1) is 0 Å². The molecule has 0 spiro atoms. The van der Waals surface area contributed by atoms with E-state index >= 15 is 0 Å². The van der Waals surface area contributed by atoms with Crippen molar-refractivity contribution in [2.45, 2.75) is 6.17 Å². The molecule has 9 rings (SSSR count). The van der Waals surface area contributed by atoms with E-state index in [1.807, 2.05) is 30.3 Å². The highest BCUT2D eigenvalue weighted by Crippen LogP contribution is 2.37. The Bertz CT molecular complexity index is 2480. The SMILES string of the molecule is c1ccc(-c2ccc(C3=NC(c4ccc(-c5ccccc5)cc4)N=C(c4cc(-c5ccccc5)cc5oc6ccccc6c45)N3)cc2)cc1. The van der Waals surface area contributed by atoms with Gasteiger partial charge in [-0.3, -0.25) is 0 Å². The van der Waals surface area contributed by atoms with Crippen LogP contribution in [0.25, 0.3) is 55.3 Å². The molecule has 2 heterocycles. The largest absolute Gasteiger partial charge is 0.456 e. The average Bonchev–Trinajstić information content (AvgIpc) is 3.57. The molecule has 0 amide bonds. The fraction of sp³-hybridized carbons (Fsp3) is 0.0222. The van der Waals surface area contributed by atoms with Crippen molar-refractivity contribution in [1.82, 2.24) is 5.32 Å². The number of para-hydroxylation sites is 1. The molecule has 0 bridgehead atoms. The van der Waals surface area contributed by atoms with Gasteiger partial charge in [0.05, 0.1) is 0 Å². The number of fused-ring (bicyclic) bond motifs is 3. The summed E-state index contributed by atoms with van der Waals surface area (Å²) in [6, 6.07) is 61.0. The Morgan fingerprint density at radius 2 is 0.898 bits per heavy atom. The van der Waals surface area contributed by atoms with Crippen LogP contribution in [-0.2, 0) is 0 Å². The first-order chi connectivity index (χ1) is 24.3. The average molecular weight is 630 g/mol. The van der Waals surface area contributed by atoms with Gasteiger partial charge >= 0.3 is 0 Å². The van der Waals surface area contributed by atoms with Gasteiger partial charge in [-0.15, -0.1) is 0 Å².